The zero-order valence-electron chi connectivity index (χ0n) is 15.1. The highest BCUT2D eigenvalue weighted by atomic mass is 16.6. The molecule has 0 aromatic carbocycles. The van der Waals surface area contributed by atoms with Crippen molar-refractivity contribution in [3.63, 3.8) is 0 Å². The van der Waals surface area contributed by atoms with E-state index < -0.39 is 5.60 Å². The lowest BCUT2D eigenvalue weighted by molar-refractivity contribution is -0.152. The number of aliphatic imine (C=N–C) groups is 1. The smallest absolute Gasteiger partial charge is 0.328 e. The zero-order valence-corrected chi connectivity index (χ0v) is 15.1. The van der Waals surface area contributed by atoms with Gasteiger partial charge in [-0.05, 0) is 34.6 Å². The van der Waals surface area contributed by atoms with Gasteiger partial charge in [0.1, 0.15) is 12.1 Å². The first-order valence-electron chi connectivity index (χ1n) is 8.37. The average Bonchev–Trinajstić information content (AvgIpc) is 2.49. The number of carbonyl (C=O) groups excluding carboxylic acids is 1. The topological polar surface area (TPSA) is 75.2 Å². The van der Waals surface area contributed by atoms with Crippen LogP contribution in [-0.4, -0.2) is 74.4 Å². The molecule has 0 aromatic heterocycles. The van der Waals surface area contributed by atoms with E-state index in [-0.39, 0.29) is 12.5 Å². The van der Waals surface area contributed by atoms with Crippen LogP contribution in [0.5, 0.6) is 0 Å². The number of morpholine rings is 1. The predicted molar refractivity (Wildman–Crippen MR) is 91.7 cm³/mol. The van der Waals surface area contributed by atoms with Gasteiger partial charge in [0.15, 0.2) is 5.96 Å². The van der Waals surface area contributed by atoms with Crippen molar-refractivity contribution in [2.24, 2.45) is 4.99 Å². The van der Waals surface area contributed by atoms with Crippen LogP contribution in [-0.2, 0) is 14.3 Å². The number of nitrogens with one attached hydrogen (secondary N) is 2. The van der Waals surface area contributed by atoms with Gasteiger partial charge in [0.2, 0.25) is 0 Å². The van der Waals surface area contributed by atoms with Gasteiger partial charge in [0.05, 0.1) is 13.2 Å². The maximum atomic E-state index is 11.7. The maximum Gasteiger partial charge on any atom is 0.328 e. The minimum atomic E-state index is -0.483. The number of carbonyl (C=O) groups is 1. The van der Waals surface area contributed by atoms with Gasteiger partial charge in [-0.1, -0.05) is 0 Å². The van der Waals surface area contributed by atoms with Gasteiger partial charge >= 0.3 is 5.97 Å². The number of guanidine groups is 1. The number of esters is 1. The molecule has 1 rings (SSSR count). The first-order valence-corrected chi connectivity index (χ1v) is 8.37. The van der Waals surface area contributed by atoms with E-state index in [4.69, 9.17) is 9.47 Å². The molecule has 1 fully saturated rings. The first-order chi connectivity index (χ1) is 10.8. The summed E-state index contributed by atoms with van der Waals surface area (Å²) in [6, 6.07) is 0.379. The van der Waals surface area contributed by atoms with Crippen LogP contribution in [0.3, 0.4) is 0 Å². The molecule has 7 nitrogen and oxygen atoms in total. The van der Waals surface area contributed by atoms with E-state index in [2.05, 4.69) is 27.4 Å². The van der Waals surface area contributed by atoms with E-state index in [1.165, 1.54) is 0 Å². The van der Waals surface area contributed by atoms with Crippen LogP contribution in [0, 0.1) is 0 Å². The quantitative estimate of drug-likeness (QED) is 0.423. The van der Waals surface area contributed by atoms with Gasteiger partial charge in [-0.15, -0.1) is 0 Å². The van der Waals surface area contributed by atoms with Gasteiger partial charge < -0.3 is 20.1 Å². The van der Waals surface area contributed by atoms with E-state index in [1.54, 1.807) is 0 Å². The number of ether oxygens (including phenoxy) is 2. The third-order valence-electron chi connectivity index (χ3n) is 3.36. The molecule has 1 atom stereocenters. The molecule has 0 amide bonds. The fourth-order valence-corrected chi connectivity index (χ4v) is 2.25. The van der Waals surface area contributed by atoms with Crippen molar-refractivity contribution >= 4 is 11.9 Å². The van der Waals surface area contributed by atoms with E-state index in [0.717, 1.165) is 39.4 Å². The summed E-state index contributed by atoms with van der Waals surface area (Å²) < 4.78 is 10.6. The summed E-state index contributed by atoms with van der Waals surface area (Å²) in [5.74, 6) is 0.314. The molecular weight excluding hydrogens is 296 g/mol. The molecule has 7 heteroatoms. The minimum absolute atomic E-state index is 0.0124. The fraction of sp³-hybridized carbons (Fsp3) is 0.875. The molecule has 1 saturated heterocycles. The summed E-state index contributed by atoms with van der Waals surface area (Å²) in [6.07, 6.45) is 0. The highest BCUT2D eigenvalue weighted by Crippen LogP contribution is 2.06. The van der Waals surface area contributed by atoms with Gasteiger partial charge in [-0.2, -0.15) is 0 Å². The molecule has 23 heavy (non-hydrogen) atoms. The molecule has 0 saturated carbocycles. The standard InChI is InChI=1S/C16H32N4O3/c1-6-17-15(19-12-14(21)23-16(3,4)5)18-11-13(2)20-7-9-22-10-8-20/h13H,6-12H2,1-5H3,(H2,17,18,19). The highest BCUT2D eigenvalue weighted by Gasteiger charge is 2.18. The summed E-state index contributed by atoms with van der Waals surface area (Å²) in [4.78, 5) is 18.4. The van der Waals surface area contributed by atoms with Crippen molar-refractivity contribution in [1.29, 1.82) is 0 Å². The third kappa shape index (κ3) is 8.76. The molecule has 0 bridgehead atoms. The Labute approximate surface area is 139 Å². The van der Waals surface area contributed by atoms with Gasteiger partial charge in [0.25, 0.3) is 0 Å². The summed E-state index contributed by atoms with van der Waals surface area (Å²) >= 11 is 0. The summed E-state index contributed by atoms with van der Waals surface area (Å²) in [5.41, 5.74) is -0.483. The lowest BCUT2D eigenvalue weighted by Gasteiger charge is -2.32. The number of hydrogen-bond acceptors (Lipinski definition) is 5. The zero-order chi connectivity index (χ0) is 17.3. The molecule has 1 aliphatic heterocycles. The molecule has 134 valence electrons. The van der Waals surface area contributed by atoms with Crippen LogP contribution in [0.4, 0.5) is 0 Å². The molecule has 1 aliphatic rings. The molecule has 0 aromatic rings. The molecule has 0 spiro atoms. The summed E-state index contributed by atoms with van der Waals surface area (Å²) in [5, 5.41) is 6.43. The molecular formula is C16H32N4O3. The normalized spacial score (nSPS) is 18.4. The second kappa shape index (κ2) is 9.72. The van der Waals surface area contributed by atoms with Crippen molar-refractivity contribution in [2.45, 2.75) is 46.3 Å². The van der Waals surface area contributed by atoms with E-state index in [1.807, 2.05) is 27.7 Å². The Morgan fingerprint density at radius 3 is 2.52 bits per heavy atom. The van der Waals surface area contributed by atoms with Crippen molar-refractivity contribution in [2.75, 3.05) is 45.9 Å². The average molecular weight is 328 g/mol. The molecule has 2 N–H and O–H groups in total. The molecule has 0 aliphatic carbocycles. The molecule has 1 unspecified atom stereocenters. The van der Waals surface area contributed by atoms with Gasteiger partial charge in [-0.3, -0.25) is 9.69 Å². The van der Waals surface area contributed by atoms with E-state index in [9.17, 15) is 4.79 Å². The Bertz CT molecular complexity index is 387. The Balaban J connectivity index is 2.43. The van der Waals surface area contributed by atoms with Crippen molar-refractivity contribution in [3.8, 4) is 0 Å². The van der Waals surface area contributed by atoms with Crippen LogP contribution in [0.25, 0.3) is 0 Å². The second-order valence-electron chi connectivity index (χ2n) is 6.66. The fourth-order valence-electron chi connectivity index (χ4n) is 2.25. The van der Waals surface area contributed by atoms with Crippen LogP contribution < -0.4 is 10.6 Å². The van der Waals surface area contributed by atoms with Gasteiger partial charge in [0, 0.05) is 32.2 Å². The van der Waals surface area contributed by atoms with E-state index in [0.29, 0.717) is 12.0 Å². The predicted octanol–water partition coefficient (Wildman–Crippen LogP) is 0.604. The monoisotopic (exact) mass is 328 g/mol. The van der Waals surface area contributed by atoms with Crippen LogP contribution >= 0.6 is 0 Å². The lowest BCUT2D eigenvalue weighted by atomic mass is 10.2. The lowest BCUT2D eigenvalue weighted by Crippen LogP contribution is -2.49. The van der Waals surface area contributed by atoms with Crippen molar-refractivity contribution in [3.05, 3.63) is 0 Å². The van der Waals surface area contributed by atoms with Crippen LogP contribution in [0.15, 0.2) is 4.99 Å². The van der Waals surface area contributed by atoms with Crippen molar-refractivity contribution < 1.29 is 14.3 Å². The van der Waals surface area contributed by atoms with E-state index >= 15 is 0 Å². The molecule has 0 radical (unpaired) electrons. The number of nitrogens with zero attached hydrogens (tertiary/aromatic N) is 2. The summed E-state index contributed by atoms with van der Waals surface area (Å²) in [7, 11) is 0. The highest BCUT2D eigenvalue weighted by molar-refractivity contribution is 5.83. The summed E-state index contributed by atoms with van der Waals surface area (Å²) in [6.45, 7) is 14.7. The first kappa shape index (κ1) is 19.7. The van der Waals surface area contributed by atoms with Crippen molar-refractivity contribution in [1.82, 2.24) is 15.5 Å². The maximum absolute atomic E-state index is 11.7. The Morgan fingerprint density at radius 1 is 1.30 bits per heavy atom. The molecule has 1 heterocycles. The van der Waals surface area contributed by atoms with Gasteiger partial charge in [-0.25, -0.2) is 4.99 Å². The third-order valence-corrected chi connectivity index (χ3v) is 3.36. The minimum Gasteiger partial charge on any atom is -0.459 e. The van der Waals surface area contributed by atoms with Crippen LogP contribution in [0.1, 0.15) is 34.6 Å². The largest absolute Gasteiger partial charge is 0.459 e. The Kier molecular flexibility index (Phi) is 8.33. The Morgan fingerprint density at radius 2 is 1.96 bits per heavy atom. The van der Waals surface area contributed by atoms with Crippen LogP contribution in [0.2, 0.25) is 0 Å². The number of rotatable bonds is 6. The number of hydrogen-bond donors (Lipinski definition) is 2. The SMILES string of the molecule is CCNC(=NCC(=O)OC(C)(C)C)NCC(C)N1CCOCC1. The Hall–Kier alpha value is -1.34. The second-order valence-corrected chi connectivity index (χ2v) is 6.66.